The van der Waals surface area contributed by atoms with Crippen LogP contribution in [0.15, 0.2) is 77.7 Å². The molecule has 3 aliphatic carbocycles. The van der Waals surface area contributed by atoms with Crippen molar-refractivity contribution in [2.45, 2.75) is 155 Å². The summed E-state index contributed by atoms with van der Waals surface area (Å²) in [5.74, 6) is 5.55. The molecule has 3 aromatic rings. The van der Waals surface area contributed by atoms with Crippen molar-refractivity contribution in [3.05, 3.63) is 101 Å². The fraction of sp³-hybridized carbons (Fsp3) is 0.640. The van der Waals surface area contributed by atoms with E-state index >= 15 is 8.42 Å². The quantitative estimate of drug-likeness (QED) is 0.193. The van der Waals surface area contributed by atoms with E-state index < -0.39 is 22.1 Å². The Labute approximate surface area is 336 Å². The molecule has 0 amide bonds. The third-order valence-corrected chi connectivity index (χ3v) is 16.3. The van der Waals surface area contributed by atoms with E-state index in [0.29, 0.717) is 64.1 Å². The van der Waals surface area contributed by atoms with Crippen molar-refractivity contribution in [1.29, 1.82) is 0 Å². The first-order valence-corrected chi connectivity index (χ1v) is 23.7. The Kier molecular flexibility index (Phi) is 13.8. The molecule has 302 valence electrons. The van der Waals surface area contributed by atoms with Crippen LogP contribution in [-0.4, -0.2) is 8.42 Å². The van der Waals surface area contributed by atoms with Gasteiger partial charge in [-0.1, -0.05) is 154 Å². The van der Waals surface area contributed by atoms with E-state index in [2.05, 4.69) is 79.2 Å². The fourth-order valence-corrected chi connectivity index (χ4v) is 13.4. The monoisotopic (exact) mass is 767 g/mol. The molecule has 0 spiro atoms. The molecule has 5 heteroatoms. The van der Waals surface area contributed by atoms with Gasteiger partial charge in [0.15, 0.2) is 0 Å². The van der Waals surface area contributed by atoms with Crippen LogP contribution in [0.2, 0.25) is 0 Å². The largest absolute Gasteiger partial charge is 0.322 e. The highest BCUT2D eigenvalue weighted by molar-refractivity contribution is 7.89. The molecule has 3 aliphatic rings. The predicted octanol–water partition coefficient (Wildman–Crippen LogP) is 12.9. The Morgan fingerprint density at radius 1 is 0.564 bits per heavy atom. The fourth-order valence-electron chi connectivity index (χ4n) is 11.6. The minimum atomic E-state index is -4.07. The van der Waals surface area contributed by atoms with E-state index in [1.165, 1.54) is 37.7 Å². The summed E-state index contributed by atoms with van der Waals surface area (Å²) in [4.78, 5) is 0.594. The van der Waals surface area contributed by atoms with Gasteiger partial charge in [0.05, 0.1) is 17.0 Å². The van der Waals surface area contributed by atoms with Gasteiger partial charge in [-0.25, -0.2) is 13.1 Å². The van der Waals surface area contributed by atoms with E-state index in [4.69, 9.17) is 5.73 Å². The van der Waals surface area contributed by atoms with Crippen molar-refractivity contribution < 1.29 is 8.42 Å². The second-order valence-electron chi connectivity index (χ2n) is 19.8. The molecule has 0 radical (unpaired) electrons. The number of rotatable bonds is 12. The summed E-state index contributed by atoms with van der Waals surface area (Å²) in [6, 6.07) is 23.7. The first-order valence-electron chi connectivity index (χ1n) is 22.2. The number of sulfonamides is 1. The molecule has 0 saturated heterocycles. The van der Waals surface area contributed by atoms with Crippen molar-refractivity contribution >= 4 is 10.0 Å². The number of nitrogens with two attached hydrogens (primary N) is 1. The normalized spacial score (nSPS) is 30.5. The smallest absolute Gasteiger partial charge is 0.241 e. The van der Waals surface area contributed by atoms with Crippen LogP contribution in [-0.2, 0) is 10.0 Å². The highest BCUT2D eigenvalue weighted by atomic mass is 32.2. The highest BCUT2D eigenvalue weighted by Crippen LogP contribution is 2.53. The molecule has 0 heterocycles. The van der Waals surface area contributed by atoms with Gasteiger partial charge in [0.2, 0.25) is 10.0 Å². The van der Waals surface area contributed by atoms with Gasteiger partial charge in [0, 0.05) is 0 Å². The summed E-state index contributed by atoms with van der Waals surface area (Å²) in [7, 11) is -4.07. The van der Waals surface area contributed by atoms with Crippen LogP contribution >= 0.6 is 0 Å². The van der Waals surface area contributed by atoms with Crippen LogP contribution in [0.3, 0.4) is 0 Å². The minimum absolute atomic E-state index is 0.184. The van der Waals surface area contributed by atoms with Crippen molar-refractivity contribution in [2.75, 3.05) is 0 Å². The van der Waals surface area contributed by atoms with Crippen LogP contribution in [0.25, 0.3) is 0 Å². The van der Waals surface area contributed by atoms with E-state index in [9.17, 15) is 0 Å². The van der Waals surface area contributed by atoms with Gasteiger partial charge in [-0.15, -0.1) is 0 Å². The predicted molar refractivity (Wildman–Crippen MR) is 232 cm³/mol. The summed E-state index contributed by atoms with van der Waals surface area (Å²) in [6.07, 6.45) is 10.5. The highest BCUT2D eigenvalue weighted by Gasteiger charge is 2.43. The molecular formula is C50H74N2O2S. The third-order valence-electron chi connectivity index (χ3n) is 14.7. The summed E-state index contributed by atoms with van der Waals surface area (Å²) >= 11 is 0. The van der Waals surface area contributed by atoms with Gasteiger partial charge in [-0.2, -0.15) is 0 Å². The van der Waals surface area contributed by atoms with Crippen molar-refractivity contribution in [3.8, 4) is 0 Å². The molecule has 3 N–H and O–H groups in total. The second kappa shape index (κ2) is 18.0. The first kappa shape index (κ1) is 42.1. The molecule has 6 rings (SSSR count). The van der Waals surface area contributed by atoms with Crippen molar-refractivity contribution in [3.63, 3.8) is 0 Å². The Balaban J connectivity index is 1.64. The van der Waals surface area contributed by atoms with Gasteiger partial charge in [0.1, 0.15) is 0 Å². The molecule has 11 atom stereocenters. The number of hydrogen-bond acceptors (Lipinski definition) is 3. The summed E-state index contributed by atoms with van der Waals surface area (Å²) in [5.41, 5.74) is 12.6. The SMILES string of the molecule is CC1CCC(C(C)C)C(c2cc(C3CC(C)CCC3C(C)C)c(S(=O)(=O)N[C@H](c3ccccc3)[C@H](N)c3ccccc3)c(C3CC(C)CCC3C(C)C)c2)C1. The summed E-state index contributed by atoms with van der Waals surface area (Å²) < 4.78 is 35.3. The lowest BCUT2D eigenvalue weighted by atomic mass is 9.63. The van der Waals surface area contributed by atoms with Crippen LogP contribution in [0, 0.1) is 53.3 Å². The lowest BCUT2D eigenvalue weighted by Gasteiger charge is -2.43. The van der Waals surface area contributed by atoms with Crippen LogP contribution in [0.1, 0.15) is 178 Å². The topological polar surface area (TPSA) is 72.2 Å². The second-order valence-corrected chi connectivity index (χ2v) is 21.4. The minimum Gasteiger partial charge on any atom is -0.322 e. The zero-order valence-corrected chi connectivity index (χ0v) is 36.5. The van der Waals surface area contributed by atoms with Crippen LogP contribution in [0.5, 0.6) is 0 Å². The van der Waals surface area contributed by atoms with E-state index in [0.717, 1.165) is 47.9 Å². The lowest BCUT2D eigenvalue weighted by Crippen LogP contribution is -2.38. The van der Waals surface area contributed by atoms with Crippen molar-refractivity contribution in [1.82, 2.24) is 4.72 Å². The van der Waals surface area contributed by atoms with E-state index in [1.807, 2.05) is 60.7 Å². The number of hydrogen-bond donors (Lipinski definition) is 2. The van der Waals surface area contributed by atoms with Gasteiger partial charge in [0.25, 0.3) is 0 Å². The van der Waals surface area contributed by atoms with E-state index in [-0.39, 0.29) is 11.8 Å². The Morgan fingerprint density at radius 2 is 0.945 bits per heavy atom. The molecular weight excluding hydrogens is 693 g/mol. The Bertz CT molecular complexity index is 1730. The van der Waals surface area contributed by atoms with E-state index in [1.54, 1.807) is 0 Å². The number of nitrogens with one attached hydrogen (secondary N) is 1. The molecule has 4 nitrogen and oxygen atoms in total. The standard InChI is InChI=1S/C50H74N2O2S/c1-31(2)40-23-20-34(7)26-43(40)39-29-46(44-27-35(8)21-24-41(44)32(3)4)50(47(30-39)45-28-36(9)22-25-42(45)33(5)6)55(53,54)52-49(38-18-14-11-15-19-38)48(51)37-16-12-10-13-17-37/h10-19,29-36,40-45,48-49,52H,20-28,51H2,1-9H3/t34?,35?,36?,40?,41?,42?,43?,44?,45?,48-,49-/m1/s1. The molecule has 55 heavy (non-hydrogen) atoms. The number of benzene rings is 3. The molecule has 3 aromatic carbocycles. The molecule has 3 fully saturated rings. The molecule has 9 unspecified atom stereocenters. The molecule has 0 bridgehead atoms. The van der Waals surface area contributed by atoms with Gasteiger partial charge in [-0.05, 0) is 137 Å². The maximum atomic E-state index is 15.9. The van der Waals surface area contributed by atoms with Gasteiger partial charge >= 0.3 is 0 Å². The molecule has 3 saturated carbocycles. The zero-order chi connectivity index (χ0) is 39.6. The Morgan fingerprint density at radius 3 is 1.36 bits per heavy atom. The zero-order valence-electron chi connectivity index (χ0n) is 35.7. The summed E-state index contributed by atoms with van der Waals surface area (Å²) in [5, 5.41) is 0. The maximum Gasteiger partial charge on any atom is 0.241 e. The average molecular weight is 767 g/mol. The maximum absolute atomic E-state index is 15.9. The van der Waals surface area contributed by atoms with Gasteiger partial charge in [-0.3, -0.25) is 0 Å². The van der Waals surface area contributed by atoms with Crippen LogP contribution < -0.4 is 10.5 Å². The molecule has 0 aromatic heterocycles. The molecule has 0 aliphatic heterocycles. The van der Waals surface area contributed by atoms with Gasteiger partial charge < -0.3 is 5.73 Å². The van der Waals surface area contributed by atoms with Crippen LogP contribution in [0.4, 0.5) is 0 Å². The van der Waals surface area contributed by atoms with Crippen molar-refractivity contribution in [2.24, 2.45) is 59.0 Å². The first-order chi connectivity index (χ1) is 26.2. The lowest BCUT2D eigenvalue weighted by molar-refractivity contribution is 0.185. The third kappa shape index (κ3) is 9.47. The summed E-state index contributed by atoms with van der Waals surface area (Å²) in [6.45, 7) is 21.5. The Hall–Kier alpha value is -2.47. The average Bonchev–Trinajstić information content (AvgIpc) is 3.16.